The number of aromatic nitrogens is 3. The zero-order valence-electron chi connectivity index (χ0n) is 21.9. The van der Waals surface area contributed by atoms with E-state index in [1.165, 1.54) is 0 Å². The minimum Gasteiger partial charge on any atom is -0.460 e. The summed E-state index contributed by atoms with van der Waals surface area (Å²) in [6.07, 6.45) is 0.0254. The smallest absolute Gasteiger partial charge is 0.323 e. The van der Waals surface area contributed by atoms with Crippen LogP contribution in [0.25, 0.3) is 0 Å². The molecule has 5 aliphatic rings. The minimum absolute atomic E-state index is 0.144. The average molecular weight is 524 g/mol. The third kappa shape index (κ3) is 5.63. The number of nitrogens with zero attached hydrogens (tertiary/aromatic N) is 4. The van der Waals surface area contributed by atoms with Crippen LogP contribution in [0.4, 0.5) is 11.9 Å². The predicted molar refractivity (Wildman–Crippen MR) is 128 cm³/mol. The molecule has 6 rings (SSSR count). The molecular weight excluding hydrogens is 486 g/mol. The van der Waals surface area contributed by atoms with Gasteiger partial charge in [-0.2, -0.15) is 15.0 Å². The topological polar surface area (TPSA) is 128 Å². The van der Waals surface area contributed by atoms with Gasteiger partial charge in [0, 0.05) is 26.2 Å². The van der Waals surface area contributed by atoms with Crippen LogP contribution in [0.2, 0.25) is 0 Å². The van der Waals surface area contributed by atoms with E-state index in [9.17, 15) is 0 Å². The normalized spacial score (nSPS) is 36.3. The summed E-state index contributed by atoms with van der Waals surface area (Å²) in [5.74, 6) is -0.573. The summed E-state index contributed by atoms with van der Waals surface area (Å²) < 4.78 is 48.1. The van der Waals surface area contributed by atoms with Crippen LogP contribution in [0.1, 0.15) is 40.5 Å². The predicted octanol–water partition coefficient (Wildman–Crippen LogP) is 1.07. The van der Waals surface area contributed by atoms with Gasteiger partial charge in [-0.05, 0) is 40.5 Å². The van der Waals surface area contributed by atoms with Gasteiger partial charge in [-0.1, -0.05) is 0 Å². The van der Waals surface area contributed by atoms with Crippen LogP contribution < -0.4 is 15.0 Å². The van der Waals surface area contributed by atoms with Crippen molar-refractivity contribution in [2.45, 2.75) is 88.9 Å². The fourth-order valence-electron chi connectivity index (χ4n) is 5.39. The molecule has 13 heteroatoms. The third-order valence-corrected chi connectivity index (χ3v) is 7.04. The van der Waals surface area contributed by atoms with Crippen molar-refractivity contribution in [3.05, 3.63) is 0 Å². The third-order valence-electron chi connectivity index (χ3n) is 7.04. The zero-order valence-corrected chi connectivity index (χ0v) is 21.9. The number of rotatable bonds is 7. The minimum atomic E-state index is -0.781. The first kappa shape index (κ1) is 25.4. The first-order valence-electron chi connectivity index (χ1n) is 13.2. The molecule has 1 N–H and O–H groups in total. The zero-order chi connectivity index (χ0) is 25.6. The Morgan fingerprint density at radius 1 is 0.919 bits per heavy atom. The summed E-state index contributed by atoms with van der Waals surface area (Å²) in [6.45, 7) is 11.7. The molecule has 6 atom stereocenters. The van der Waals surface area contributed by atoms with Crippen molar-refractivity contribution < 1.29 is 37.9 Å². The van der Waals surface area contributed by atoms with E-state index in [1.807, 2.05) is 27.7 Å². The van der Waals surface area contributed by atoms with Crippen LogP contribution in [0.15, 0.2) is 0 Å². The van der Waals surface area contributed by atoms with Crippen LogP contribution in [0.5, 0.6) is 6.01 Å². The van der Waals surface area contributed by atoms with Gasteiger partial charge in [0.1, 0.15) is 31.0 Å². The molecule has 0 aromatic carbocycles. The first-order valence-corrected chi connectivity index (χ1v) is 13.2. The molecule has 5 aliphatic heterocycles. The molecule has 1 aromatic heterocycles. The molecule has 5 fully saturated rings. The lowest BCUT2D eigenvalue weighted by atomic mass is 9.99. The van der Waals surface area contributed by atoms with Gasteiger partial charge in [-0.3, -0.25) is 0 Å². The van der Waals surface area contributed by atoms with Crippen molar-refractivity contribution in [2.75, 3.05) is 56.3 Å². The van der Waals surface area contributed by atoms with Crippen molar-refractivity contribution in [2.24, 2.45) is 0 Å². The molecule has 0 amide bonds. The fourth-order valence-corrected chi connectivity index (χ4v) is 5.39. The number of hydrogen-bond donors (Lipinski definition) is 1. The highest BCUT2D eigenvalue weighted by molar-refractivity contribution is 5.39. The maximum absolute atomic E-state index is 6.26. The van der Waals surface area contributed by atoms with Gasteiger partial charge in [-0.25, -0.2) is 0 Å². The van der Waals surface area contributed by atoms with E-state index in [2.05, 4.69) is 25.2 Å². The van der Waals surface area contributed by atoms with Crippen molar-refractivity contribution in [3.8, 4) is 6.01 Å². The number of ether oxygens (including phenoxy) is 8. The number of morpholine rings is 1. The molecule has 5 saturated heterocycles. The van der Waals surface area contributed by atoms with E-state index >= 15 is 0 Å². The maximum atomic E-state index is 6.26. The highest BCUT2D eigenvalue weighted by atomic mass is 16.9. The molecule has 0 aliphatic carbocycles. The summed E-state index contributed by atoms with van der Waals surface area (Å²) in [5, 5.41) is 3.29. The lowest BCUT2D eigenvalue weighted by Gasteiger charge is -2.36. The van der Waals surface area contributed by atoms with Gasteiger partial charge in [-0.15, -0.1) is 0 Å². The Balaban J connectivity index is 1.18. The highest BCUT2D eigenvalue weighted by Crippen LogP contribution is 2.44. The average Bonchev–Trinajstić information content (AvgIpc) is 3.57. The maximum Gasteiger partial charge on any atom is 0.323 e. The second kappa shape index (κ2) is 10.0. The Bertz CT molecular complexity index is 955. The lowest BCUT2D eigenvalue weighted by Crippen LogP contribution is -2.56. The summed E-state index contributed by atoms with van der Waals surface area (Å²) >= 11 is 0. The standard InChI is InChI=1S/C24H37N5O8/c1-23(2)34-16-15(33-19-18(17(16)35-23)36-24(3,4)37-19)13-32-22-27-20(25-12-14-6-5-9-31-14)26-21(28-22)29-7-10-30-11-8-29/h14-19H,5-13H2,1-4H3,(H,25,26,27,28)/t14?,15-,16+,17+,18-,19-/m1/s1. The molecule has 13 nitrogen and oxygen atoms in total. The van der Waals surface area contributed by atoms with Gasteiger partial charge in [0.2, 0.25) is 11.9 Å². The van der Waals surface area contributed by atoms with Crippen molar-refractivity contribution in [1.82, 2.24) is 15.0 Å². The Labute approximate surface area is 216 Å². The van der Waals surface area contributed by atoms with Crippen molar-refractivity contribution in [3.63, 3.8) is 0 Å². The number of fused-ring (bicyclic) bond motifs is 3. The van der Waals surface area contributed by atoms with Crippen molar-refractivity contribution in [1.29, 1.82) is 0 Å². The Morgan fingerprint density at radius 2 is 1.68 bits per heavy atom. The second-order valence-electron chi connectivity index (χ2n) is 10.9. The van der Waals surface area contributed by atoms with E-state index in [0.29, 0.717) is 44.7 Å². The van der Waals surface area contributed by atoms with E-state index in [4.69, 9.17) is 37.9 Å². The lowest BCUT2D eigenvalue weighted by molar-refractivity contribution is -0.238. The summed E-state index contributed by atoms with van der Waals surface area (Å²) in [7, 11) is 0. The highest BCUT2D eigenvalue weighted by Gasteiger charge is 2.60. The Hall–Kier alpha value is -1.87. The van der Waals surface area contributed by atoms with E-state index < -0.39 is 36.2 Å². The molecule has 1 unspecified atom stereocenters. The second-order valence-corrected chi connectivity index (χ2v) is 10.9. The molecule has 206 valence electrons. The van der Waals surface area contributed by atoms with Gasteiger partial charge >= 0.3 is 6.01 Å². The van der Waals surface area contributed by atoms with Crippen LogP contribution in [-0.2, 0) is 33.2 Å². The monoisotopic (exact) mass is 523 g/mol. The van der Waals surface area contributed by atoms with Gasteiger partial charge in [0.25, 0.3) is 0 Å². The summed E-state index contributed by atoms with van der Waals surface area (Å²) in [5.41, 5.74) is 0. The van der Waals surface area contributed by atoms with Gasteiger partial charge in [0.05, 0.1) is 19.3 Å². The molecule has 1 aromatic rings. The largest absolute Gasteiger partial charge is 0.460 e. The Kier molecular flexibility index (Phi) is 6.88. The van der Waals surface area contributed by atoms with E-state index in [1.54, 1.807) is 0 Å². The molecule has 0 radical (unpaired) electrons. The molecule has 0 bridgehead atoms. The fraction of sp³-hybridized carbons (Fsp3) is 0.875. The SMILES string of the molecule is CC1(C)O[C@H]2[C@@H](O1)[C@@H](COc1nc(NCC3CCCO3)nc(N3CCOCC3)n1)O[C@@H]1OC(C)(C)O[C@@H]12. The first-order chi connectivity index (χ1) is 17.7. The van der Waals surface area contributed by atoms with Crippen molar-refractivity contribution >= 4 is 11.9 Å². The molecule has 0 spiro atoms. The molecular formula is C24H37N5O8. The number of hydrogen-bond acceptors (Lipinski definition) is 13. The summed E-state index contributed by atoms with van der Waals surface area (Å²) in [6, 6.07) is 0.204. The van der Waals surface area contributed by atoms with E-state index in [-0.39, 0.29) is 24.8 Å². The number of anilines is 2. The van der Waals surface area contributed by atoms with Crippen LogP contribution in [0.3, 0.4) is 0 Å². The Morgan fingerprint density at radius 3 is 2.46 bits per heavy atom. The summed E-state index contributed by atoms with van der Waals surface area (Å²) in [4.78, 5) is 15.8. The molecule has 37 heavy (non-hydrogen) atoms. The quantitative estimate of drug-likeness (QED) is 0.548. The van der Waals surface area contributed by atoms with Gasteiger partial charge in [0.15, 0.2) is 17.9 Å². The molecule has 6 heterocycles. The van der Waals surface area contributed by atoms with Crippen LogP contribution in [-0.4, -0.2) is 109 Å². The van der Waals surface area contributed by atoms with Crippen LogP contribution in [0, 0.1) is 0 Å². The van der Waals surface area contributed by atoms with Crippen LogP contribution >= 0.6 is 0 Å². The van der Waals surface area contributed by atoms with Gasteiger partial charge < -0.3 is 48.1 Å². The molecule has 0 saturated carbocycles. The van der Waals surface area contributed by atoms with E-state index in [0.717, 1.165) is 19.4 Å². The number of nitrogens with one attached hydrogen (secondary N) is 1.